The van der Waals surface area contributed by atoms with Gasteiger partial charge in [0.25, 0.3) is 5.91 Å². The Bertz CT molecular complexity index is 443. The summed E-state index contributed by atoms with van der Waals surface area (Å²) in [7, 11) is 0. The molecule has 2 saturated heterocycles. The van der Waals surface area contributed by atoms with Crippen molar-refractivity contribution in [1.82, 2.24) is 15.5 Å². The van der Waals surface area contributed by atoms with Crippen LogP contribution in [0.2, 0.25) is 0 Å². The Kier molecular flexibility index (Phi) is 3.62. The first-order valence-corrected chi connectivity index (χ1v) is 6.83. The van der Waals surface area contributed by atoms with Gasteiger partial charge in [-0.1, -0.05) is 0 Å². The second kappa shape index (κ2) is 4.96. The van der Waals surface area contributed by atoms with Crippen LogP contribution in [0.3, 0.4) is 0 Å². The van der Waals surface area contributed by atoms with Crippen molar-refractivity contribution >= 4 is 18.0 Å². The van der Waals surface area contributed by atoms with Crippen LogP contribution in [0.15, 0.2) is 0 Å². The Hall–Kier alpha value is -1.79. The van der Waals surface area contributed by atoms with Crippen molar-refractivity contribution in [2.24, 2.45) is 0 Å². The number of ether oxygens (including phenoxy) is 1. The highest BCUT2D eigenvalue weighted by atomic mass is 16.6. The lowest BCUT2D eigenvalue weighted by atomic mass is 9.91. The molecule has 2 rings (SSSR count). The molecule has 0 aromatic rings. The van der Waals surface area contributed by atoms with E-state index in [0.29, 0.717) is 32.4 Å². The van der Waals surface area contributed by atoms with E-state index < -0.39 is 17.2 Å². The van der Waals surface area contributed by atoms with Crippen molar-refractivity contribution in [3.05, 3.63) is 0 Å². The number of nitrogens with zero attached hydrogens (tertiary/aromatic N) is 1. The third kappa shape index (κ3) is 3.02. The molecule has 0 aromatic carbocycles. The van der Waals surface area contributed by atoms with Crippen LogP contribution in [0.25, 0.3) is 0 Å². The standard InChI is InChI=1S/C13H21N3O4/c1-12(2,3)20-11(19)16-7-4-5-13(6-8-16)9(17)14-10(18)15-13/h4-8H2,1-3H3,(H2,14,15,17,18). The number of carbonyl (C=O) groups is 3. The van der Waals surface area contributed by atoms with Gasteiger partial charge in [-0.3, -0.25) is 10.1 Å². The molecule has 2 heterocycles. The number of hydrogen-bond donors (Lipinski definition) is 2. The summed E-state index contributed by atoms with van der Waals surface area (Å²) < 4.78 is 5.33. The molecule has 2 fully saturated rings. The highest BCUT2D eigenvalue weighted by Crippen LogP contribution is 2.26. The van der Waals surface area contributed by atoms with E-state index in [1.54, 1.807) is 4.90 Å². The third-order valence-electron chi connectivity index (χ3n) is 3.51. The maximum Gasteiger partial charge on any atom is 0.410 e. The molecule has 1 atom stereocenters. The van der Waals surface area contributed by atoms with Gasteiger partial charge in [0.1, 0.15) is 11.1 Å². The molecule has 4 amide bonds. The first-order valence-electron chi connectivity index (χ1n) is 6.83. The van der Waals surface area contributed by atoms with Crippen LogP contribution in [0.4, 0.5) is 9.59 Å². The minimum Gasteiger partial charge on any atom is -0.444 e. The van der Waals surface area contributed by atoms with E-state index in [-0.39, 0.29) is 12.0 Å². The van der Waals surface area contributed by atoms with Gasteiger partial charge in [0.05, 0.1) is 0 Å². The Labute approximate surface area is 118 Å². The van der Waals surface area contributed by atoms with Crippen LogP contribution >= 0.6 is 0 Å². The summed E-state index contributed by atoms with van der Waals surface area (Å²) in [5.41, 5.74) is -1.41. The van der Waals surface area contributed by atoms with Gasteiger partial charge in [-0.15, -0.1) is 0 Å². The summed E-state index contributed by atoms with van der Waals surface area (Å²) in [5, 5.41) is 4.95. The maximum absolute atomic E-state index is 12.0. The van der Waals surface area contributed by atoms with Crippen molar-refractivity contribution in [2.45, 2.75) is 51.2 Å². The monoisotopic (exact) mass is 283 g/mol. The van der Waals surface area contributed by atoms with Gasteiger partial charge in [-0.05, 0) is 40.0 Å². The lowest BCUT2D eigenvalue weighted by molar-refractivity contribution is -0.124. The van der Waals surface area contributed by atoms with Crippen LogP contribution in [-0.4, -0.2) is 47.2 Å². The highest BCUT2D eigenvalue weighted by molar-refractivity contribution is 6.07. The largest absolute Gasteiger partial charge is 0.444 e. The van der Waals surface area contributed by atoms with E-state index in [4.69, 9.17) is 4.74 Å². The lowest BCUT2D eigenvalue weighted by Crippen LogP contribution is -2.47. The predicted molar refractivity (Wildman–Crippen MR) is 71.1 cm³/mol. The molecule has 1 unspecified atom stereocenters. The average Bonchev–Trinajstić information content (AvgIpc) is 2.48. The minimum absolute atomic E-state index is 0.298. The third-order valence-corrected chi connectivity index (χ3v) is 3.51. The molecule has 20 heavy (non-hydrogen) atoms. The Morgan fingerprint density at radius 3 is 2.50 bits per heavy atom. The molecule has 2 N–H and O–H groups in total. The van der Waals surface area contributed by atoms with Crippen LogP contribution in [0.5, 0.6) is 0 Å². The summed E-state index contributed by atoms with van der Waals surface area (Å²) in [6.07, 6.45) is 1.21. The molecule has 0 aromatic heterocycles. The molecule has 2 aliphatic heterocycles. The van der Waals surface area contributed by atoms with E-state index >= 15 is 0 Å². The van der Waals surface area contributed by atoms with E-state index in [0.717, 1.165) is 0 Å². The van der Waals surface area contributed by atoms with E-state index in [2.05, 4.69) is 10.6 Å². The van der Waals surface area contributed by atoms with Crippen molar-refractivity contribution in [3.63, 3.8) is 0 Å². The number of urea groups is 1. The molecular formula is C13H21N3O4. The van der Waals surface area contributed by atoms with Crippen molar-refractivity contribution in [3.8, 4) is 0 Å². The summed E-state index contributed by atoms with van der Waals surface area (Å²) in [6.45, 7) is 6.36. The second-order valence-corrected chi connectivity index (χ2v) is 6.31. The maximum atomic E-state index is 12.0. The first-order chi connectivity index (χ1) is 9.22. The summed E-state index contributed by atoms with van der Waals surface area (Å²) in [4.78, 5) is 36.8. The van der Waals surface area contributed by atoms with Crippen LogP contribution in [0, 0.1) is 0 Å². The molecule has 2 aliphatic rings. The van der Waals surface area contributed by atoms with E-state index in [1.165, 1.54) is 0 Å². The highest BCUT2D eigenvalue weighted by Gasteiger charge is 2.47. The van der Waals surface area contributed by atoms with Crippen LogP contribution in [-0.2, 0) is 9.53 Å². The number of rotatable bonds is 0. The quantitative estimate of drug-likeness (QED) is 0.649. The molecule has 0 aliphatic carbocycles. The fraction of sp³-hybridized carbons (Fsp3) is 0.769. The zero-order valence-corrected chi connectivity index (χ0v) is 12.1. The fourth-order valence-electron chi connectivity index (χ4n) is 2.52. The van der Waals surface area contributed by atoms with Gasteiger partial charge < -0.3 is 15.0 Å². The van der Waals surface area contributed by atoms with Gasteiger partial charge in [0, 0.05) is 13.1 Å². The lowest BCUT2D eigenvalue weighted by Gasteiger charge is -2.27. The number of imide groups is 1. The molecule has 0 saturated carbocycles. The Morgan fingerprint density at radius 2 is 1.95 bits per heavy atom. The number of nitrogens with one attached hydrogen (secondary N) is 2. The van der Waals surface area contributed by atoms with Gasteiger partial charge in [-0.2, -0.15) is 0 Å². The molecule has 7 heteroatoms. The predicted octanol–water partition coefficient (Wildman–Crippen LogP) is 0.986. The number of hydrogen-bond acceptors (Lipinski definition) is 4. The number of amides is 4. The van der Waals surface area contributed by atoms with Gasteiger partial charge in [0.2, 0.25) is 0 Å². The minimum atomic E-state index is -0.867. The molecule has 7 nitrogen and oxygen atoms in total. The average molecular weight is 283 g/mol. The zero-order valence-electron chi connectivity index (χ0n) is 12.1. The number of carbonyl (C=O) groups excluding carboxylic acids is 3. The normalized spacial score (nSPS) is 27.1. The first kappa shape index (κ1) is 14.6. The molecular weight excluding hydrogens is 262 g/mol. The van der Waals surface area contributed by atoms with Gasteiger partial charge in [-0.25, -0.2) is 9.59 Å². The van der Waals surface area contributed by atoms with Crippen LogP contribution in [0.1, 0.15) is 40.0 Å². The molecule has 112 valence electrons. The molecule has 0 radical (unpaired) electrons. The van der Waals surface area contributed by atoms with Crippen LogP contribution < -0.4 is 10.6 Å². The Morgan fingerprint density at radius 1 is 1.25 bits per heavy atom. The molecule has 1 spiro atoms. The van der Waals surface area contributed by atoms with E-state index in [1.807, 2.05) is 20.8 Å². The van der Waals surface area contributed by atoms with Gasteiger partial charge in [0.15, 0.2) is 0 Å². The smallest absolute Gasteiger partial charge is 0.410 e. The SMILES string of the molecule is CC(C)(C)OC(=O)N1CCCC2(CC1)NC(=O)NC2=O. The summed E-state index contributed by atoms with van der Waals surface area (Å²) in [5.74, 6) is -0.298. The fourth-order valence-corrected chi connectivity index (χ4v) is 2.52. The van der Waals surface area contributed by atoms with Crippen molar-refractivity contribution < 1.29 is 19.1 Å². The summed E-state index contributed by atoms with van der Waals surface area (Å²) in [6, 6.07) is -0.458. The van der Waals surface area contributed by atoms with Gasteiger partial charge >= 0.3 is 12.1 Å². The topological polar surface area (TPSA) is 87.7 Å². The van der Waals surface area contributed by atoms with E-state index in [9.17, 15) is 14.4 Å². The number of likely N-dealkylation sites (tertiary alicyclic amines) is 1. The molecule has 0 bridgehead atoms. The second-order valence-electron chi connectivity index (χ2n) is 6.31. The summed E-state index contributed by atoms with van der Waals surface area (Å²) >= 11 is 0. The Balaban J connectivity index is 2.01. The zero-order chi connectivity index (χ0) is 15.0. The van der Waals surface area contributed by atoms with Crippen molar-refractivity contribution in [2.75, 3.05) is 13.1 Å². The van der Waals surface area contributed by atoms with Crippen molar-refractivity contribution in [1.29, 1.82) is 0 Å².